The lowest BCUT2D eigenvalue weighted by Gasteiger charge is -2.30. The average molecular weight is 245 g/mol. The topological polar surface area (TPSA) is 12.0 Å². The highest BCUT2D eigenvalue weighted by Gasteiger charge is 2.22. The highest BCUT2D eigenvalue weighted by Crippen LogP contribution is 2.35. The molecule has 0 aromatic heterocycles. The monoisotopic (exact) mass is 245 g/mol. The van der Waals surface area contributed by atoms with Crippen LogP contribution in [0.5, 0.6) is 0 Å². The van der Waals surface area contributed by atoms with Crippen LogP contribution in [0.2, 0.25) is 0 Å². The second kappa shape index (κ2) is 6.94. The van der Waals surface area contributed by atoms with Crippen molar-refractivity contribution in [1.82, 2.24) is 5.32 Å². The van der Waals surface area contributed by atoms with Crippen LogP contribution in [0.15, 0.2) is 30.3 Å². The maximum absolute atomic E-state index is 3.37. The van der Waals surface area contributed by atoms with Gasteiger partial charge in [0.05, 0.1) is 0 Å². The number of hydrogen-bond acceptors (Lipinski definition) is 1. The Morgan fingerprint density at radius 2 is 2.00 bits per heavy atom. The molecule has 1 heteroatoms. The van der Waals surface area contributed by atoms with Crippen molar-refractivity contribution in [2.45, 2.75) is 44.9 Å². The van der Waals surface area contributed by atoms with Crippen molar-refractivity contribution in [2.24, 2.45) is 11.8 Å². The minimum absolute atomic E-state index is 0.687. The molecule has 0 spiro atoms. The third-order valence-corrected chi connectivity index (χ3v) is 4.38. The van der Waals surface area contributed by atoms with Crippen LogP contribution in [0.1, 0.15) is 50.5 Å². The van der Waals surface area contributed by atoms with Gasteiger partial charge in [-0.3, -0.25) is 0 Å². The van der Waals surface area contributed by atoms with Gasteiger partial charge in [0.2, 0.25) is 0 Å². The highest BCUT2D eigenvalue weighted by atomic mass is 14.8. The molecule has 1 aromatic rings. The Morgan fingerprint density at radius 3 is 2.67 bits per heavy atom. The Labute approximate surface area is 112 Å². The summed E-state index contributed by atoms with van der Waals surface area (Å²) in [5, 5.41) is 3.37. The van der Waals surface area contributed by atoms with Crippen LogP contribution in [0.4, 0.5) is 0 Å². The van der Waals surface area contributed by atoms with Crippen LogP contribution in [0.3, 0.4) is 0 Å². The zero-order valence-corrected chi connectivity index (χ0v) is 11.9. The van der Waals surface area contributed by atoms with E-state index in [1.54, 1.807) is 0 Å². The van der Waals surface area contributed by atoms with E-state index in [0.29, 0.717) is 5.92 Å². The number of benzene rings is 1. The third kappa shape index (κ3) is 3.84. The normalized spacial score (nSPS) is 25.9. The molecule has 0 amide bonds. The van der Waals surface area contributed by atoms with Crippen LogP contribution in [-0.4, -0.2) is 13.6 Å². The van der Waals surface area contributed by atoms with E-state index in [2.05, 4.69) is 49.6 Å². The van der Waals surface area contributed by atoms with Gasteiger partial charge in [0, 0.05) is 6.54 Å². The van der Waals surface area contributed by atoms with Crippen LogP contribution in [0, 0.1) is 11.8 Å². The molecule has 1 aliphatic carbocycles. The Kier molecular flexibility index (Phi) is 5.25. The highest BCUT2D eigenvalue weighted by molar-refractivity contribution is 5.20. The van der Waals surface area contributed by atoms with E-state index in [1.165, 1.54) is 37.7 Å². The minimum Gasteiger partial charge on any atom is -0.319 e. The van der Waals surface area contributed by atoms with Gasteiger partial charge in [-0.15, -0.1) is 0 Å². The summed E-state index contributed by atoms with van der Waals surface area (Å²) in [5.74, 6) is 2.56. The number of likely N-dealkylation sites (N-methyl/N-ethyl adjacent to an activating group) is 1. The first-order chi connectivity index (χ1) is 8.79. The smallest absolute Gasteiger partial charge is 0.00172 e. The van der Waals surface area contributed by atoms with Crippen molar-refractivity contribution >= 4 is 0 Å². The molecule has 0 bridgehead atoms. The minimum atomic E-state index is 0.687. The Bertz CT molecular complexity index is 333. The van der Waals surface area contributed by atoms with Gasteiger partial charge in [-0.1, -0.05) is 56.5 Å². The van der Waals surface area contributed by atoms with Crippen molar-refractivity contribution in [3.8, 4) is 0 Å². The predicted octanol–water partition coefficient (Wildman–Crippen LogP) is 4.21. The fourth-order valence-corrected chi connectivity index (χ4v) is 3.49. The summed E-state index contributed by atoms with van der Waals surface area (Å²) in [5.41, 5.74) is 1.50. The van der Waals surface area contributed by atoms with Gasteiger partial charge >= 0.3 is 0 Å². The molecule has 1 aromatic carbocycles. The molecule has 1 aliphatic rings. The van der Waals surface area contributed by atoms with Crippen molar-refractivity contribution in [3.63, 3.8) is 0 Å². The molecule has 1 fully saturated rings. The van der Waals surface area contributed by atoms with Gasteiger partial charge < -0.3 is 5.32 Å². The van der Waals surface area contributed by atoms with Crippen molar-refractivity contribution in [2.75, 3.05) is 13.6 Å². The van der Waals surface area contributed by atoms with E-state index in [1.807, 2.05) is 0 Å². The predicted molar refractivity (Wildman–Crippen MR) is 78.8 cm³/mol. The van der Waals surface area contributed by atoms with E-state index in [4.69, 9.17) is 0 Å². The molecule has 3 atom stereocenters. The second-order valence-corrected chi connectivity index (χ2v) is 6.04. The Balaban J connectivity index is 1.97. The third-order valence-electron chi connectivity index (χ3n) is 4.38. The molecule has 1 N–H and O–H groups in total. The van der Waals surface area contributed by atoms with E-state index >= 15 is 0 Å². The van der Waals surface area contributed by atoms with Crippen LogP contribution in [0.25, 0.3) is 0 Å². The summed E-state index contributed by atoms with van der Waals surface area (Å²) in [6, 6.07) is 11.0. The standard InChI is InChI=1S/C17H27N/c1-14-7-6-8-15(11-14)12-17(13-18-2)16-9-4-3-5-10-16/h3-5,9-10,14-15,17-18H,6-8,11-13H2,1-2H3. The average Bonchev–Trinajstić information content (AvgIpc) is 2.39. The first kappa shape index (κ1) is 13.6. The van der Waals surface area contributed by atoms with E-state index in [9.17, 15) is 0 Å². The molecule has 0 saturated heterocycles. The Hall–Kier alpha value is -0.820. The maximum Gasteiger partial charge on any atom is 0.00172 e. The fraction of sp³-hybridized carbons (Fsp3) is 0.647. The lowest BCUT2D eigenvalue weighted by molar-refractivity contribution is 0.255. The quantitative estimate of drug-likeness (QED) is 0.819. The van der Waals surface area contributed by atoms with Gasteiger partial charge in [0.15, 0.2) is 0 Å². The molecule has 100 valence electrons. The van der Waals surface area contributed by atoms with Crippen molar-refractivity contribution < 1.29 is 0 Å². The molecule has 0 heterocycles. The van der Waals surface area contributed by atoms with Crippen LogP contribution in [-0.2, 0) is 0 Å². The summed E-state index contributed by atoms with van der Waals surface area (Å²) in [4.78, 5) is 0. The molecule has 18 heavy (non-hydrogen) atoms. The summed E-state index contributed by atoms with van der Waals surface area (Å²) in [6.07, 6.45) is 7.12. The first-order valence-electron chi connectivity index (χ1n) is 7.49. The van der Waals surface area contributed by atoms with Gasteiger partial charge in [-0.25, -0.2) is 0 Å². The van der Waals surface area contributed by atoms with Gasteiger partial charge in [-0.2, -0.15) is 0 Å². The lowest BCUT2D eigenvalue weighted by Crippen LogP contribution is -2.22. The van der Waals surface area contributed by atoms with Crippen LogP contribution >= 0.6 is 0 Å². The zero-order valence-electron chi connectivity index (χ0n) is 11.9. The van der Waals surface area contributed by atoms with Gasteiger partial charge in [0.1, 0.15) is 0 Å². The van der Waals surface area contributed by atoms with Gasteiger partial charge in [-0.05, 0) is 43.2 Å². The van der Waals surface area contributed by atoms with Gasteiger partial charge in [0.25, 0.3) is 0 Å². The summed E-state index contributed by atoms with van der Waals surface area (Å²) in [6.45, 7) is 3.52. The number of nitrogens with one attached hydrogen (secondary N) is 1. The lowest BCUT2D eigenvalue weighted by atomic mass is 9.77. The molecule has 2 rings (SSSR count). The zero-order chi connectivity index (χ0) is 12.8. The molecule has 3 unspecified atom stereocenters. The van der Waals surface area contributed by atoms with Crippen molar-refractivity contribution in [1.29, 1.82) is 0 Å². The fourth-order valence-electron chi connectivity index (χ4n) is 3.49. The summed E-state index contributed by atoms with van der Waals surface area (Å²) < 4.78 is 0. The summed E-state index contributed by atoms with van der Waals surface area (Å²) in [7, 11) is 2.07. The van der Waals surface area contributed by atoms with E-state index < -0.39 is 0 Å². The maximum atomic E-state index is 3.37. The number of rotatable bonds is 5. The van der Waals surface area contributed by atoms with Crippen LogP contribution < -0.4 is 5.32 Å². The first-order valence-corrected chi connectivity index (χ1v) is 7.49. The molecular weight excluding hydrogens is 218 g/mol. The van der Waals surface area contributed by atoms with E-state index in [0.717, 1.165) is 18.4 Å². The largest absolute Gasteiger partial charge is 0.319 e. The molecule has 1 nitrogen and oxygen atoms in total. The molecule has 0 aliphatic heterocycles. The second-order valence-electron chi connectivity index (χ2n) is 6.04. The molecule has 1 saturated carbocycles. The molecule has 0 radical (unpaired) electrons. The SMILES string of the molecule is CNCC(CC1CCCC(C)C1)c1ccccc1. The van der Waals surface area contributed by atoms with E-state index in [-0.39, 0.29) is 0 Å². The summed E-state index contributed by atoms with van der Waals surface area (Å²) >= 11 is 0. The number of hydrogen-bond donors (Lipinski definition) is 1. The molecular formula is C17H27N. The Morgan fingerprint density at radius 1 is 1.22 bits per heavy atom. The van der Waals surface area contributed by atoms with Crippen molar-refractivity contribution in [3.05, 3.63) is 35.9 Å².